The SMILES string of the molecule is Cc1ccc(-c2nc(N)nc3c2ncc(=O)n3CCN2CCC(c3ccccc3)CC2)o1. The molecule has 0 aliphatic carbocycles. The summed E-state index contributed by atoms with van der Waals surface area (Å²) in [5, 5.41) is 0. The second-order valence-electron chi connectivity index (χ2n) is 8.29. The van der Waals surface area contributed by atoms with Crippen LogP contribution < -0.4 is 11.3 Å². The van der Waals surface area contributed by atoms with Crippen LogP contribution in [0.3, 0.4) is 0 Å². The van der Waals surface area contributed by atoms with E-state index < -0.39 is 0 Å². The fourth-order valence-electron chi connectivity index (χ4n) is 4.47. The molecule has 4 heterocycles. The molecular weight excluding hydrogens is 404 g/mol. The number of anilines is 1. The van der Waals surface area contributed by atoms with Gasteiger partial charge in [0.05, 0.1) is 6.20 Å². The summed E-state index contributed by atoms with van der Waals surface area (Å²) in [6.07, 6.45) is 3.56. The van der Waals surface area contributed by atoms with Crippen molar-refractivity contribution in [3.63, 3.8) is 0 Å². The fraction of sp³-hybridized carbons (Fsp3) is 0.333. The van der Waals surface area contributed by atoms with Crippen molar-refractivity contribution in [2.75, 3.05) is 25.4 Å². The third kappa shape index (κ3) is 4.01. The van der Waals surface area contributed by atoms with Crippen LogP contribution in [-0.2, 0) is 6.54 Å². The maximum Gasteiger partial charge on any atom is 0.270 e. The number of nitrogens with two attached hydrogens (primary N) is 1. The monoisotopic (exact) mass is 430 g/mol. The highest BCUT2D eigenvalue weighted by Gasteiger charge is 2.21. The van der Waals surface area contributed by atoms with E-state index in [-0.39, 0.29) is 11.5 Å². The fourth-order valence-corrected chi connectivity index (χ4v) is 4.47. The van der Waals surface area contributed by atoms with Gasteiger partial charge in [0.1, 0.15) is 17.0 Å². The van der Waals surface area contributed by atoms with Crippen molar-refractivity contribution in [2.45, 2.75) is 32.2 Å². The summed E-state index contributed by atoms with van der Waals surface area (Å²) < 4.78 is 7.36. The van der Waals surface area contributed by atoms with Crippen LogP contribution in [0, 0.1) is 6.92 Å². The zero-order valence-electron chi connectivity index (χ0n) is 18.1. The molecule has 8 nitrogen and oxygen atoms in total. The van der Waals surface area contributed by atoms with E-state index in [1.54, 1.807) is 4.57 Å². The van der Waals surface area contributed by atoms with Crippen LogP contribution in [-0.4, -0.2) is 44.1 Å². The van der Waals surface area contributed by atoms with Crippen LogP contribution >= 0.6 is 0 Å². The maximum atomic E-state index is 12.7. The van der Waals surface area contributed by atoms with Gasteiger partial charge in [-0.2, -0.15) is 4.98 Å². The van der Waals surface area contributed by atoms with Gasteiger partial charge in [-0.25, -0.2) is 9.97 Å². The molecule has 0 bridgehead atoms. The van der Waals surface area contributed by atoms with Gasteiger partial charge in [0.15, 0.2) is 11.4 Å². The molecule has 0 amide bonds. The van der Waals surface area contributed by atoms with Gasteiger partial charge in [-0.15, -0.1) is 0 Å². The molecule has 2 N–H and O–H groups in total. The number of aryl methyl sites for hydroxylation is 1. The lowest BCUT2D eigenvalue weighted by atomic mass is 9.89. The smallest absolute Gasteiger partial charge is 0.270 e. The average Bonchev–Trinajstić information content (AvgIpc) is 3.25. The lowest BCUT2D eigenvalue weighted by molar-refractivity contribution is 0.205. The van der Waals surface area contributed by atoms with Crippen LogP contribution in [0.1, 0.15) is 30.1 Å². The zero-order valence-corrected chi connectivity index (χ0v) is 18.1. The first-order chi connectivity index (χ1) is 15.6. The first kappa shape index (κ1) is 20.4. The topological polar surface area (TPSA) is 103 Å². The molecule has 4 aromatic rings. The van der Waals surface area contributed by atoms with Gasteiger partial charge in [-0.05, 0) is 56.5 Å². The van der Waals surface area contributed by atoms with E-state index in [1.807, 2.05) is 19.1 Å². The Labute approximate surface area is 185 Å². The number of nitrogen functional groups attached to an aromatic ring is 1. The molecule has 0 atom stereocenters. The van der Waals surface area contributed by atoms with Gasteiger partial charge in [0, 0.05) is 13.1 Å². The van der Waals surface area contributed by atoms with E-state index in [1.165, 1.54) is 11.8 Å². The molecule has 3 aromatic heterocycles. The van der Waals surface area contributed by atoms with Gasteiger partial charge in [0.2, 0.25) is 5.95 Å². The van der Waals surface area contributed by atoms with Crippen molar-refractivity contribution in [1.29, 1.82) is 0 Å². The van der Waals surface area contributed by atoms with Crippen LogP contribution in [0.4, 0.5) is 5.95 Å². The molecule has 164 valence electrons. The number of furan rings is 1. The minimum Gasteiger partial charge on any atom is -0.460 e. The van der Waals surface area contributed by atoms with Gasteiger partial charge in [-0.3, -0.25) is 9.36 Å². The lowest BCUT2D eigenvalue weighted by Crippen LogP contribution is -2.37. The summed E-state index contributed by atoms with van der Waals surface area (Å²) in [6.45, 7) is 5.15. The van der Waals surface area contributed by atoms with E-state index in [0.717, 1.165) is 38.2 Å². The minimum atomic E-state index is -0.198. The molecule has 0 radical (unpaired) electrons. The lowest BCUT2D eigenvalue weighted by Gasteiger charge is -2.32. The maximum absolute atomic E-state index is 12.7. The summed E-state index contributed by atoms with van der Waals surface area (Å²) in [7, 11) is 0. The van der Waals surface area contributed by atoms with Crippen LogP contribution in [0.25, 0.3) is 22.6 Å². The number of fused-ring (bicyclic) bond motifs is 1. The summed E-state index contributed by atoms with van der Waals surface area (Å²) in [6, 6.07) is 14.4. The van der Waals surface area contributed by atoms with E-state index in [0.29, 0.717) is 35.1 Å². The zero-order chi connectivity index (χ0) is 22.1. The predicted octanol–water partition coefficient (Wildman–Crippen LogP) is 3.22. The second kappa shape index (κ2) is 8.55. The molecule has 1 aromatic carbocycles. The summed E-state index contributed by atoms with van der Waals surface area (Å²) in [5.41, 5.74) is 8.64. The van der Waals surface area contributed by atoms with Crippen molar-refractivity contribution in [1.82, 2.24) is 24.4 Å². The van der Waals surface area contributed by atoms with Crippen molar-refractivity contribution in [2.24, 2.45) is 0 Å². The molecule has 1 saturated heterocycles. The first-order valence-electron chi connectivity index (χ1n) is 11.0. The highest BCUT2D eigenvalue weighted by Crippen LogP contribution is 2.28. The first-order valence-corrected chi connectivity index (χ1v) is 11.0. The average molecular weight is 431 g/mol. The van der Waals surface area contributed by atoms with Crippen LogP contribution in [0.15, 0.2) is 57.9 Å². The third-order valence-electron chi connectivity index (χ3n) is 6.18. The van der Waals surface area contributed by atoms with E-state index in [4.69, 9.17) is 10.2 Å². The predicted molar refractivity (Wildman–Crippen MR) is 123 cm³/mol. The summed E-state index contributed by atoms with van der Waals surface area (Å²) >= 11 is 0. The molecule has 32 heavy (non-hydrogen) atoms. The van der Waals surface area contributed by atoms with E-state index in [9.17, 15) is 4.79 Å². The minimum absolute atomic E-state index is 0.0892. The number of nitrogens with zero attached hydrogens (tertiary/aromatic N) is 5. The van der Waals surface area contributed by atoms with Crippen LogP contribution in [0.2, 0.25) is 0 Å². The normalized spacial score (nSPS) is 15.4. The van der Waals surface area contributed by atoms with Gasteiger partial charge < -0.3 is 15.1 Å². The number of likely N-dealkylation sites (tertiary alicyclic amines) is 1. The number of hydrogen-bond acceptors (Lipinski definition) is 7. The standard InChI is InChI=1S/C24H26N6O2/c1-16-7-8-19(32-16)21-22-23(28-24(25)27-21)30(20(31)15-26-22)14-13-29-11-9-18(10-12-29)17-5-3-2-4-6-17/h2-8,15,18H,9-14H2,1H3,(H2,25,27,28). The van der Waals surface area contributed by atoms with Crippen molar-refractivity contribution >= 4 is 17.1 Å². The second-order valence-corrected chi connectivity index (χ2v) is 8.29. The number of rotatable bonds is 5. The quantitative estimate of drug-likeness (QED) is 0.518. The third-order valence-corrected chi connectivity index (χ3v) is 6.18. The molecule has 8 heteroatoms. The molecule has 0 unspecified atom stereocenters. The molecule has 1 aliphatic rings. The van der Waals surface area contributed by atoms with E-state index >= 15 is 0 Å². The highest BCUT2D eigenvalue weighted by atomic mass is 16.3. The van der Waals surface area contributed by atoms with Crippen LogP contribution in [0.5, 0.6) is 0 Å². The summed E-state index contributed by atoms with van der Waals surface area (Å²) in [5.74, 6) is 2.01. The Hall–Kier alpha value is -3.52. The van der Waals surface area contributed by atoms with E-state index in [2.05, 4.69) is 50.2 Å². The molecule has 1 fully saturated rings. The number of aromatic nitrogens is 4. The van der Waals surface area contributed by atoms with Gasteiger partial charge in [-0.1, -0.05) is 30.3 Å². The largest absolute Gasteiger partial charge is 0.460 e. The molecule has 1 aliphatic heterocycles. The number of benzene rings is 1. The van der Waals surface area contributed by atoms with Gasteiger partial charge in [0.25, 0.3) is 5.56 Å². The summed E-state index contributed by atoms with van der Waals surface area (Å²) in [4.78, 5) is 28.1. The molecule has 0 saturated carbocycles. The molecule has 0 spiro atoms. The highest BCUT2D eigenvalue weighted by molar-refractivity contribution is 5.86. The Balaban J connectivity index is 1.36. The Bertz CT molecular complexity index is 1290. The van der Waals surface area contributed by atoms with Gasteiger partial charge >= 0.3 is 0 Å². The van der Waals surface area contributed by atoms with Crippen molar-refractivity contribution < 1.29 is 4.42 Å². The molecule has 5 rings (SSSR count). The number of hydrogen-bond donors (Lipinski definition) is 1. The van der Waals surface area contributed by atoms with Crippen molar-refractivity contribution in [3.8, 4) is 11.5 Å². The van der Waals surface area contributed by atoms with Crippen molar-refractivity contribution in [3.05, 3.63) is 70.3 Å². The Morgan fingerprint density at radius 3 is 2.56 bits per heavy atom. The molecular formula is C24H26N6O2. The Morgan fingerprint density at radius 1 is 1.06 bits per heavy atom. The Morgan fingerprint density at radius 2 is 1.84 bits per heavy atom. The number of piperidine rings is 1. The Kier molecular flexibility index (Phi) is 5.45.